The van der Waals surface area contributed by atoms with Gasteiger partial charge in [-0.1, -0.05) is 6.08 Å². The van der Waals surface area contributed by atoms with Crippen LogP contribution in [0.4, 0.5) is 0 Å². The van der Waals surface area contributed by atoms with Crippen LogP contribution < -0.4 is 0 Å². The summed E-state index contributed by atoms with van der Waals surface area (Å²) in [6.45, 7) is 6.54. The van der Waals surface area contributed by atoms with E-state index in [-0.39, 0.29) is 23.5 Å². The summed E-state index contributed by atoms with van der Waals surface area (Å²) in [5.74, 6) is -0.784. The van der Waals surface area contributed by atoms with Crippen LogP contribution in [0.3, 0.4) is 0 Å². The van der Waals surface area contributed by atoms with Crippen molar-refractivity contribution in [2.45, 2.75) is 34.1 Å². The fourth-order valence-electron chi connectivity index (χ4n) is 2.16. The lowest BCUT2D eigenvalue weighted by Gasteiger charge is -2.08. The third-order valence-electron chi connectivity index (χ3n) is 3.32. The molecule has 1 aliphatic rings. The summed E-state index contributed by atoms with van der Waals surface area (Å²) in [6.07, 6.45) is 2.19. The van der Waals surface area contributed by atoms with Crippen LogP contribution in [0.1, 0.15) is 34.1 Å². The van der Waals surface area contributed by atoms with Crippen molar-refractivity contribution in [2.75, 3.05) is 6.61 Å². The van der Waals surface area contributed by atoms with Gasteiger partial charge in [-0.15, -0.1) is 0 Å². The first-order valence-electron chi connectivity index (χ1n) is 5.73. The molecule has 0 amide bonds. The molecule has 0 heterocycles. The third kappa shape index (κ3) is 2.46. The van der Waals surface area contributed by atoms with Crippen LogP contribution >= 0.6 is 0 Å². The molecule has 0 aromatic rings. The van der Waals surface area contributed by atoms with E-state index >= 15 is 0 Å². The molecule has 0 bridgehead atoms. The molecule has 1 atom stereocenters. The van der Waals surface area contributed by atoms with Crippen molar-refractivity contribution in [3.05, 3.63) is 11.6 Å². The van der Waals surface area contributed by atoms with E-state index in [1.54, 1.807) is 19.9 Å². The highest BCUT2D eigenvalue weighted by molar-refractivity contribution is 6.09. The van der Waals surface area contributed by atoms with Crippen LogP contribution in [-0.4, -0.2) is 24.1 Å². The summed E-state index contributed by atoms with van der Waals surface area (Å²) >= 11 is 0. The molecule has 94 valence electrons. The molecule has 1 rings (SSSR count). The van der Waals surface area contributed by atoms with Gasteiger partial charge in [0.2, 0.25) is 0 Å². The largest absolute Gasteiger partial charge is 0.463 e. The van der Waals surface area contributed by atoms with E-state index in [2.05, 4.69) is 0 Å². The minimum atomic E-state index is -0.881. The molecule has 0 spiro atoms. The SMILES string of the molecule is CCOC(=O)/C(C)=C/C1CC1(C(C)=O)C(C)=O. The van der Waals surface area contributed by atoms with Crippen molar-refractivity contribution < 1.29 is 19.1 Å². The monoisotopic (exact) mass is 238 g/mol. The lowest BCUT2D eigenvalue weighted by Crippen LogP contribution is -2.23. The first-order chi connectivity index (χ1) is 7.86. The quantitative estimate of drug-likeness (QED) is 0.415. The van der Waals surface area contributed by atoms with Gasteiger partial charge < -0.3 is 4.74 Å². The minimum absolute atomic E-state index is 0.122. The van der Waals surface area contributed by atoms with Crippen LogP contribution in [0.2, 0.25) is 0 Å². The maximum atomic E-state index is 11.5. The van der Waals surface area contributed by atoms with Gasteiger partial charge in [-0.2, -0.15) is 0 Å². The first kappa shape index (κ1) is 13.6. The summed E-state index contributed by atoms with van der Waals surface area (Å²) in [7, 11) is 0. The lowest BCUT2D eigenvalue weighted by atomic mass is 9.93. The molecule has 0 aromatic carbocycles. The van der Waals surface area contributed by atoms with Gasteiger partial charge in [-0.3, -0.25) is 9.59 Å². The standard InChI is InChI=1S/C13H18O4/c1-5-17-12(16)8(2)6-11-7-13(11,9(3)14)10(4)15/h6,11H,5,7H2,1-4H3/b8-6+. The first-order valence-corrected chi connectivity index (χ1v) is 5.73. The molecule has 0 N–H and O–H groups in total. The number of carbonyl (C=O) groups is 3. The molecule has 4 heteroatoms. The second kappa shape index (κ2) is 4.82. The zero-order valence-corrected chi connectivity index (χ0v) is 10.7. The zero-order chi connectivity index (χ0) is 13.2. The number of allylic oxidation sites excluding steroid dienone is 1. The third-order valence-corrected chi connectivity index (χ3v) is 3.32. The summed E-state index contributed by atoms with van der Waals surface area (Å²) < 4.78 is 4.84. The normalized spacial score (nSPS) is 21.9. The second-order valence-electron chi connectivity index (χ2n) is 4.46. The second-order valence-corrected chi connectivity index (χ2v) is 4.46. The Bertz CT molecular complexity index is 378. The van der Waals surface area contributed by atoms with Crippen molar-refractivity contribution in [3.8, 4) is 0 Å². The predicted octanol–water partition coefficient (Wildman–Crippen LogP) is 1.68. The van der Waals surface area contributed by atoms with E-state index in [9.17, 15) is 14.4 Å². The Hall–Kier alpha value is -1.45. The van der Waals surface area contributed by atoms with Gasteiger partial charge in [0.05, 0.1) is 12.0 Å². The number of Topliss-reactive ketones (excluding diaryl/α,β-unsaturated/α-hetero) is 2. The van der Waals surface area contributed by atoms with E-state index in [0.29, 0.717) is 18.6 Å². The number of ketones is 2. The Morgan fingerprint density at radius 3 is 2.12 bits per heavy atom. The van der Waals surface area contributed by atoms with Gasteiger partial charge >= 0.3 is 5.97 Å². The smallest absolute Gasteiger partial charge is 0.333 e. The lowest BCUT2D eigenvalue weighted by molar-refractivity contribution is -0.138. The number of esters is 1. The van der Waals surface area contributed by atoms with Crippen molar-refractivity contribution in [1.82, 2.24) is 0 Å². The maximum absolute atomic E-state index is 11.5. The maximum Gasteiger partial charge on any atom is 0.333 e. The fourth-order valence-corrected chi connectivity index (χ4v) is 2.16. The Morgan fingerprint density at radius 2 is 1.76 bits per heavy atom. The molecule has 1 fully saturated rings. The molecule has 0 aromatic heterocycles. The number of carbonyl (C=O) groups excluding carboxylic acids is 3. The molecule has 4 nitrogen and oxygen atoms in total. The summed E-state index contributed by atoms with van der Waals surface area (Å²) in [6, 6.07) is 0. The molecule has 1 saturated carbocycles. The van der Waals surface area contributed by atoms with Gasteiger partial charge in [-0.05, 0) is 40.0 Å². The van der Waals surface area contributed by atoms with Crippen LogP contribution in [0.15, 0.2) is 11.6 Å². The van der Waals surface area contributed by atoms with Crippen molar-refractivity contribution in [3.63, 3.8) is 0 Å². The molecular weight excluding hydrogens is 220 g/mol. The van der Waals surface area contributed by atoms with E-state index < -0.39 is 5.41 Å². The number of hydrogen-bond donors (Lipinski definition) is 0. The topological polar surface area (TPSA) is 60.4 Å². The Morgan fingerprint density at radius 1 is 1.24 bits per heavy atom. The van der Waals surface area contributed by atoms with E-state index in [4.69, 9.17) is 4.74 Å². The van der Waals surface area contributed by atoms with Crippen LogP contribution in [0.5, 0.6) is 0 Å². The average molecular weight is 238 g/mol. The predicted molar refractivity (Wildman–Crippen MR) is 62.3 cm³/mol. The van der Waals surface area contributed by atoms with Crippen LogP contribution in [-0.2, 0) is 19.1 Å². The number of hydrogen-bond acceptors (Lipinski definition) is 4. The Kier molecular flexibility index (Phi) is 3.86. The van der Waals surface area contributed by atoms with Gasteiger partial charge in [-0.25, -0.2) is 4.79 Å². The minimum Gasteiger partial charge on any atom is -0.463 e. The van der Waals surface area contributed by atoms with Crippen molar-refractivity contribution in [1.29, 1.82) is 0 Å². The highest BCUT2D eigenvalue weighted by Crippen LogP contribution is 2.55. The van der Waals surface area contributed by atoms with Gasteiger partial charge in [0, 0.05) is 5.57 Å². The summed E-state index contributed by atoms with van der Waals surface area (Å²) in [5, 5.41) is 0. The molecule has 17 heavy (non-hydrogen) atoms. The molecular formula is C13H18O4. The van der Waals surface area contributed by atoms with Gasteiger partial charge in [0.25, 0.3) is 0 Å². The molecule has 0 aliphatic heterocycles. The summed E-state index contributed by atoms with van der Waals surface area (Å²) in [4.78, 5) is 34.4. The van der Waals surface area contributed by atoms with Gasteiger partial charge in [0.1, 0.15) is 11.6 Å². The van der Waals surface area contributed by atoms with E-state index in [0.717, 1.165) is 0 Å². The Balaban J connectivity index is 2.80. The highest BCUT2D eigenvalue weighted by atomic mass is 16.5. The van der Waals surface area contributed by atoms with E-state index in [1.165, 1.54) is 13.8 Å². The summed E-state index contributed by atoms with van der Waals surface area (Å²) in [5.41, 5.74) is -0.422. The van der Waals surface area contributed by atoms with Crippen molar-refractivity contribution >= 4 is 17.5 Å². The number of ether oxygens (including phenoxy) is 1. The van der Waals surface area contributed by atoms with Crippen LogP contribution in [0, 0.1) is 11.3 Å². The zero-order valence-electron chi connectivity index (χ0n) is 10.7. The van der Waals surface area contributed by atoms with Crippen molar-refractivity contribution in [2.24, 2.45) is 11.3 Å². The molecule has 1 unspecified atom stereocenters. The van der Waals surface area contributed by atoms with Gasteiger partial charge in [0.15, 0.2) is 0 Å². The average Bonchev–Trinajstić information content (AvgIpc) is 2.93. The van der Waals surface area contributed by atoms with Crippen LogP contribution in [0.25, 0.3) is 0 Å². The highest BCUT2D eigenvalue weighted by Gasteiger charge is 2.60. The number of rotatable bonds is 5. The molecule has 1 aliphatic carbocycles. The van der Waals surface area contributed by atoms with E-state index in [1.807, 2.05) is 0 Å². The molecule has 0 saturated heterocycles. The Labute approximate surface area is 101 Å². The molecule has 0 radical (unpaired) electrons. The fraction of sp³-hybridized carbons (Fsp3) is 0.615.